The summed E-state index contributed by atoms with van der Waals surface area (Å²) in [7, 11) is 3.91. The highest BCUT2D eigenvalue weighted by atomic mass is 16.5. The Labute approximate surface area is 166 Å². The molecule has 0 radical (unpaired) electrons. The van der Waals surface area contributed by atoms with E-state index in [1.807, 2.05) is 12.1 Å². The first-order valence-electron chi connectivity index (χ1n) is 10.1. The highest BCUT2D eigenvalue weighted by Crippen LogP contribution is 2.33. The zero-order valence-corrected chi connectivity index (χ0v) is 16.9. The molecule has 1 aromatic heterocycles. The number of nitrogens with zero attached hydrogens (tertiary/aromatic N) is 2. The second-order valence-corrected chi connectivity index (χ2v) is 7.72. The average molecular weight is 380 g/mol. The molecular weight excluding hydrogens is 350 g/mol. The normalized spacial score (nSPS) is 23.2. The van der Waals surface area contributed by atoms with Crippen LogP contribution in [0.3, 0.4) is 0 Å². The lowest BCUT2D eigenvalue weighted by Crippen LogP contribution is -2.51. The molecule has 3 unspecified atom stereocenters. The van der Waals surface area contributed by atoms with Crippen LogP contribution < -0.4 is 5.32 Å². The molecule has 1 aliphatic rings. The SMILES string of the molecule is CCc1cccc2onc(NC3CC(Cc4ccccc4)CC(OC)N3C)c12. The summed E-state index contributed by atoms with van der Waals surface area (Å²) >= 11 is 0. The van der Waals surface area contributed by atoms with Crippen LogP contribution in [0.4, 0.5) is 5.82 Å². The van der Waals surface area contributed by atoms with Crippen molar-refractivity contribution in [3.63, 3.8) is 0 Å². The summed E-state index contributed by atoms with van der Waals surface area (Å²) in [5.41, 5.74) is 3.47. The molecule has 148 valence electrons. The quantitative estimate of drug-likeness (QED) is 0.674. The number of rotatable bonds is 6. The standard InChI is InChI=1S/C23H29N3O2/c1-4-18-11-8-12-19-22(18)23(25-28-19)24-20-14-17(15-21(27-3)26(20)2)13-16-9-6-5-7-10-16/h5-12,17,20-21H,4,13-15H2,1-3H3,(H,24,25). The van der Waals surface area contributed by atoms with Gasteiger partial charge in [-0.25, -0.2) is 0 Å². The van der Waals surface area contributed by atoms with Crippen LogP contribution in [0, 0.1) is 5.92 Å². The number of ether oxygens (including phenoxy) is 1. The first kappa shape index (κ1) is 19.0. The van der Waals surface area contributed by atoms with Crippen molar-refractivity contribution in [2.45, 2.75) is 45.0 Å². The molecule has 28 heavy (non-hydrogen) atoms. The van der Waals surface area contributed by atoms with Gasteiger partial charge in [-0.05, 0) is 55.8 Å². The molecule has 0 amide bonds. The second kappa shape index (κ2) is 8.33. The fourth-order valence-corrected chi connectivity index (χ4v) is 4.38. The van der Waals surface area contributed by atoms with Crippen LogP contribution in [0.1, 0.15) is 30.9 Å². The van der Waals surface area contributed by atoms with E-state index < -0.39 is 0 Å². The Hall–Kier alpha value is -2.37. The first-order valence-corrected chi connectivity index (χ1v) is 10.1. The van der Waals surface area contributed by atoms with Gasteiger partial charge in [-0.2, -0.15) is 0 Å². The van der Waals surface area contributed by atoms with E-state index in [-0.39, 0.29) is 12.4 Å². The maximum atomic E-state index is 5.80. The Morgan fingerprint density at radius 1 is 1.14 bits per heavy atom. The summed E-state index contributed by atoms with van der Waals surface area (Å²) in [4.78, 5) is 2.27. The monoisotopic (exact) mass is 379 g/mol. The van der Waals surface area contributed by atoms with Crippen molar-refractivity contribution < 1.29 is 9.26 Å². The van der Waals surface area contributed by atoms with Gasteiger partial charge >= 0.3 is 0 Å². The molecule has 1 N–H and O–H groups in total. The fraction of sp³-hybridized carbons (Fsp3) is 0.435. The predicted molar refractivity (Wildman–Crippen MR) is 112 cm³/mol. The zero-order chi connectivity index (χ0) is 19.5. The molecule has 0 bridgehead atoms. The van der Waals surface area contributed by atoms with Crippen molar-refractivity contribution in [2.75, 3.05) is 19.5 Å². The lowest BCUT2D eigenvalue weighted by Gasteiger charge is -2.42. The number of hydrogen-bond acceptors (Lipinski definition) is 5. The van der Waals surface area contributed by atoms with E-state index in [9.17, 15) is 0 Å². The van der Waals surface area contributed by atoms with E-state index in [4.69, 9.17) is 9.26 Å². The summed E-state index contributed by atoms with van der Waals surface area (Å²) in [6.45, 7) is 2.16. The molecule has 0 saturated carbocycles. The summed E-state index contributed by atoms with van der Waals surface area (Å²) < 4.78 is 11.4. The predicted octanol–water partition coefficient (Wildman–Crippen LogP) is 4.69. The number of hydrogen-bond donors (Lipinski definition) is 1. The Morgan fingerprint density at radius 3 is 2.71 bits per heavy atom. The molecule has 5 heteroatoms. The third-order valence-corrected chi connectivity index (χ3v) is 5.95. The lowest BCUT2D eigenvalue weighted by atomic mass is 9.87. The Bertz CT molecular complexity index is 909. The van der Waals surface area contributed by atoms with E-state index in [1.54, 1.807) is 7.11 Å². The number of methoxy groups -OCH3 is 1. The summed E-state index contributed by atoms with van der Waals surface area (Å²) in [5, 5.41) is 9.08. The third kappa shape index (κ3) is 3.77. The Morgan fingerprint density at radius 2 is 1.96 bits per heavy atom. The van der Waals surface area contributed by atoms with Crippen LogP contribution in [0.25, 0.3) is 11.0 Å². The van der Waals surface area contributed by atoms with Crippen LogP contribution in [0.2, 0.25) is 0 Å². The highest BCUT2D eigenvalue weighted by molar-refractivity contribution is 5.91. The molecular formula is C23H29N3O2. The van der Waals surface area contributed by atoms with Crippen molar-refractivity contribution in [2.24, 2.45) is 5.92 Å². The van der Waals surface area contributed by atoms with Crippen molar-refractivity contribution in [1.29, 1.82) is 0 Å². The molecule has 2 heterocycles. The Kier molecular flexibility index (Phi) is 5.64. The smallest absolute Gasteiger partial charge is 0.178 e. The summed E-state index contributed by atoms with van der Waals surface area (Å²) in [5.74, 6) is 1.38. The van der Waals surface area contributed by atoms with Crippen LogP contribution in [0.15, 0.2) is 53.1 Å². The van der Waals surface area contributed by atoms with Crippen LogP contribution >= 0.6 is 0 Å². The zero-order valence-electron chi connectivity index (χ0n) is 16.9. The van der Waals surface area contributed by atoms with Gasteiger partial charge in [-0.3, -0.25) is 4.90 Å². The van der Waals surface area contributed by atoms with Gasteiger partial charge < -0.3 is 14.6 Å². The average Bonchev–Trinajstić information content (AvgIpc) is 3.14. The highest BCUT2D eigenvalue weighted by Gasteiger charge is 2.34. The molecule has 5 nitrogen and oxygen atoms in total. The number of aromatic nitrogens is 1. The minimum absolute atomic E-state index is 0.0868. The number of likely N-dealkylation sites (tertiary alicyclic amines) is 1. The largest absolute Gasteiger partial charge is 0.366 e. The van der Waals surface area contributed by atoms with Gasteiger partial charge in [0.15, 0.2) is 11.4 Å². The topological polar surface area (TPSA) is 50.5 Å². The number of fused-ring (bicyclic) bond motifs is 1. The third-order valence-electron chi connectivity index (χ3n) is 5.95. The minimum atomic E-state index is 0.0868. The number of anilines is 1. The molecule has 0 spiro atoms. The van der Waals surface area contributed by atoms with Crippen molar-refractivity contribution in [3.05, 3.63) is 59.7 Å². The molecule has 2 aromatic carbocycles. The van der Waals surface area contributed by atoms with Gasteiger partial charge in [0.05, 0.1) is 11.6 Å². The van der Waals surface area contributed by atoms with Gasteiger partial charge in [0.25, 0.3) is 0 Å². The maximum absolute atomic E-state index is 5.80. The van der Waals surface area contributed by atoms with Gasteiger partial charge in [-0.15, -0.1) is 0 Å². The second-order valence-electron chi connectivity index (χ2n) is 7.72. The van der Waals surface area contributed by atoms with Crippen molar-refractivity contribution >= 4 is 16.8 Å². The molecule has 1 saturated heterocycles. The van der Waals surface area contributed by atoms with Crippen molar-refractivity contribution in [3.8, 4) is 0 Å². The van der Waals surface area contributed by atoms with Gasteiger partial charge in [-0.1, -0.05) is 54.5 Å². The summed E-state index contributed by atoms with van der Waals surface area (Å²) in [6.07, 6.45) is 4.31. The summed E-state index contributed by atoms with van der Waals surface area (Å²) in [6, 6.07) is 16.9. The van der Waals surface area contributed by atoms with Gasteiger partial charge in [0.1, 0.15) is 6.23 Å². The number of aryl methyl sites for hydroxylation is 1. The van der Waals surface area contributed by atoms with Gasteiger partial charge in [0.2, 0.25) is 0 Å². The number of piperidine rings is 1. The Balaban J connectivity index is 1.57. The minimum Gasteiger partial charge on any atom is -0.366 e. The molecule has 1 fully saturated rings. The lowest BCUT2D eigenvalue weighted by molar-refractivity contribution is -0.0779. The molecule has 0 aliphatic carbocycles. The van der Waals surface area contributed by atoms with Gasteiger partial charge in [0, 0.05) is 7.11 Å². The molecule has 4 rings (SSSR count). The fourth-order valence-electron chi connectivity index (χ4n) is 4.38. The van der Waals surface area contributed by atoms with Crippen LogP contribution in [-0.2, 0) is 17.6 Å². The van der Waals surface area contributed by atoms with Crippen molar-refractivity contribution in [1.82, 2.24) is 10.1 Å². The van der Waals surface area contributed by atoms with E-state index in [1.165, 1.54) is 11.1 Å². The van der Waals surface area contributed by atoms with E-state index in [2.05, 4.69) is 65.7 Å². The van der Waals surface area contributed by atoms with Crippen LogP contribution in [0.5, 0.6) is 0 Å². The van der Waals surface area contributed by atoms with Crippen LogP contribution in [-0.4, -0.2) is 36.6 Å². The maximum Gasteiger partial charge on any atom is 0.178 e. The molecule has 3 atom stereocenters. The molecule has 3 aromatic rings. The first-order chi connectivity index (χ1) is 13.7. The van der Waals surface area contributed by atoms with E-state index >= 15 is 0 Å². The van der Waals surface area contributed by atoms with E-state index in [0.29, 0.717) is 5.92 Å². The molecule has 1 aliphatic heterocycles. The number of nitrogens with one attached hydrogen (secondary N) is 1. The van der Waals surface area contributed by atoms with E-state index in [0.717, 1.165) is 42.5 Å². The number of benzene rings is 2.